The molecule has 7 nitrogen and oxygen atoms in total. The lowest BCUT2D eigenvalue weighted by Crippen LogP contribution is -2.35. The third-order valence-corrected chi connectivity index (χ3v) is 2.96. The SMILES string of the molecule is CCC(N)c1nc(C(=O)N(C)CC2OCCO2)co1. The topological polar surface area (TPSA) is 90.8 Å². The lowest BCUT2D eigenvalue weighted by Gasteiger charge is -2.18. The van der Waals surface area contributed by atoms with E-state index in [1.165, 1.54) is 11.2 Å². The van der Waals surface area contributed by atoms with Gasteiger partial charge in [-0.15, -0.1) is 0 Å². The van der Waals surface area contributed by atoms with Gasteiger partial charge in [0.1, 0.15) is 6.26 Å². The molecular weight excluding hydrogens is 250 g/mol. The van der Waals surface area contributed by atoms with E-state index in [1.807, 2.05) is 6.92 Å². The maximum absolute atomic E-state index is 12.1. The fourth-order valence-corrected chi connectivity index (χ4v) is 1.75. The number of hydrogen-bond donors (Lipinski definition) is 1. The van der Waals surface area contributed by atoms with Crippen molar-refractivity contribution in [2.75, 3.05) is 26.8 Å². The average molecular weight is 269 g/mol. The maximum atomic E-state index is 12.1. The molecule has 7 heteroatoms. The number of rotatable bonds is 5. The van der Waals surface area contributed by atoms with Crippen LogP contribution in [-0.2, 0) is 9.47 Å². The van der Waals surface area contributed by atoms with Crippen LogP contribution in [0.4, 0.5) is 0 Å². The van der Waals surface area contributed by atoms with E-state index >= 15 is 0 Å². The molecule has 2 heterocycles. The highest BCUT2D eigenvalue weighted by atomic mass is 16.7. The Balaban J connectivity index is 1.96. The normalized spacial score (nSPS) is 17.6. The van der Waals surface area contributed by atoms with Gasteiger partial charge in [0.05, 0.1) is 25.8 Å². The van der Waals surface area contributed by atoms with Crippen molar-refractivity contribution in [3.8, 4) is 0 Å². The van der Waals surface area contributed by atoms with Crippen LogP contribution in [0.5, 0.6) is 0 Å². The number of likely N-dealkylation sites (N-methyl/N-ethyl adjacent to an activating group) is 1. The summed E-state index contributed by atoms with van der Waals surface area (Å²) in [5, 5.41) is 0. The first-order chi connectivity index (χ1) is 9.11. The van der Waals surface area contributed by atoms with Crippen LogP contribution in [0.1, 0.15) is 35.8 Å². The highest BCUT2D eigenvalue weighted by molar-refractivity contribution is 5.91. The fourth-order valence-electron chi connectivity index (χ4n) is 1.75. The Bertz CT molecular complexity index is 428. The van der Waals surface area contributed by atoms with Crippen LogP contribution in [0.25, 0.3) is 0 Å². The van der Waals surface area contributed by atoms with Gasteiger partial charge in [0, 0.05) is 7.05 Å². The van der Waals surface area contributed by atoms with Gasteiger partial charge in [-0.1, -0.05) is 6.92 Å². The lowest BCUT2D eigenvalue weighted by molar-refractivity contribution is -0.0543. The zero-order valence-electron chi connectivity index (χ0n) is 11.2. The molecule has 0 aromatic carbocycles. The Labute approximate surface area is 111 Å². The largest absolute Gasteiger partial charge is 0.446 e. The van der Waals surface area contributed by atoms with E-state index in [0.717, 1.165) is 0 Å². The second kappa shape index (κ2) is 6.14. The van der Waals surface area contributed by atoms with Crippen molar-refractivity contribution >= 4 is 5.91 Å². The summed E-state index contributed by atoms with van der Waals surface area (Å²) in [6.45, 7) is 3.41. The number of nitrogens with two attached hydrogens (primary N) is 1. The average Bonchev–Trinajstić information content (AvgIpc) is 3.07. The number of amides is 1. The van der Waals surface area contributed by atoms with E-state index in [4.69, 9.17) is 19.6 Å². The molecule has 1 aromatic rings. The number of carbonyl (C=O) groups excluding carboxylic acids is 1. The molecule has 0 bridgehead atoms. The molecule has 0 radical (unpaired) electrons. The highest BCUT2D eigenvalue weighted by Gasteiger charge is 2.23. The van der Waals surface area contributed by atoms with Crippen LogP contribution in [0.3, 0.4) is 0 Å². The molecule has 2 N–H and O–H groups in total. The molecule has 1 atom stereocenters. The van der Waals surface area contributed by atoms with Crippen molar-refractivity contribution in [1.82, 2.24) is 9.88 Å². The smallest absolute Gasteiger partial charge is 0.275 e. The summed E-state index contributed by atoms with van der Waals surface area (Å²) in [6, 6.07) is -0.284. The van der Waals surface area contributed by atoms with Gasteiger partial charge in [-0.05, 0) is 6.42 Å². The van der Waals surface area contributed by atoms with E-state index in [2.05, 4.69) is 4.98 Å². The van der Waals surface area contributed by atoms with Crippen LogP contribution in [0.2, 0.25) is 0 Å². The Kier molecular flexibility index (Phi) is 4.52. The van der Waals surface area contributed by atoms with Gasteiger partial charge in [-0.2, -0.15) is 0 Å². The Hall–Kier alpha value is -1.44. The summed E-state index contributed by atoms with van der Waals surface area (Å²) < 4.78 is 15.8. The number of oxazole rings is 1. The van der Waals surface area contributed by atoms with Crippen LogP contribution in [0, 0.1) is 0 Å². The van der Waals surface area contributed by atoms with E-state index in [1.54, 1.807) is 7.05 Å². The van der Waals surface area contributed by atoms with Crippen molar-refractivity contribution in [1.29, 1.82) is 0 Å². The van der Waals surface area contributed by atoms with Crippen LogP contribution < -0.4 is 5.73 Å². The van der Waals surface area contributed by atoms with Crippen molar-refractivity contribution in [3.05, 3.63) is 17.8 Å². The van der Waals surface area contributed by atoms with E-state index in [0.29, 0.717) is 32.1 Å². The first-order valence-electron chi connectivity index (χ1n) is 6.31. The van der Waals surface area contributed by atoms with E-state index < -0.39 is 0 Å². The van der Waals surface area contributed by atoms with Gasteiger partial charge < -0.3 is 24.5 Å². The quantitative estimate of drug-likeness (QED) is 0.838. The van der Waals surface area contributed by atoms with Crippen molar-refractivity contribution in [2.45, 2.75) is 25.7 Å². The molecule has 0 aliphatic carbocycles. The summed E-state index contributed by atoms with van der Waals surface area (Å²) in [5.74, 6) is 0.144. The summed E-state index contributed by atoms with van der Waals surface area (Å²) in [7, 11) is 1.67. The van der Waals surface area contributed by atoms with E-state index in [9.17, 15) is 4.79 Å². The fraction of sp³-hybridized carbons (Fsp3) is 0.667. The van der Waals surface area contributed by atoms with E-state index in [-0.39, 0.29) is 23.9 Å². The van der Waals surface area contributed by atoms with Crippen molar-refractivity contribution in [3.63, 3.8) is 0 Å². The molecule has 0 spiro atoms. The maximum Gasteiger partial charge on any atom is 0.275 e. The zero-order chi connectivity index (χ0) is 13.8. The summed E-state index contributed by atoms with van der Waals surface area (Å²) in [5.41, 5.74) is 6.04. The highest BCUT2D eigenvalue weighted by Crippen LogP contribution is 2.14. The summed E-state index contributed by atoms with van der Waals surface area (Å²) in [6.07, 6.45) is 1.67. The molecule has 1 saturated heterocycles. The summed E-state index contributed by atoms with van der Waals surface area (Å²) >= 11 is 0. The first-order valence-corrected chi connectivity index (χ1v) is 6.31. The van der Waals surface area contributed by atoms with Gasteiger partial charge in [0.25, 0.3) is 5.91 Å². The predicted molar refractivity (Wildman–Crippen MR) is 66.4 cm³/mol. The van der Waals surface area contributed by atoms with Gasteiger partial charge in [-0.25, -0.2) is 4.98 Å². The Morgan fingerprint density at radius 2 is 2.26 bits per heavy atom. The number of hydrogen-bond acceptors (Lipinski definition) is 6. The minimum Gasteiger partial charge on any atom is -0.446 e. The van der Waals surface area contributed by atoms with Crippen LogP contribution in [0.15, 0.2) is 10.7 Å². The lowest BCUT2D eigenvalue weighted by atomic mass is 10.2. The predicted octanol–water partition coefficient (Wildman–Crippen LogP) is 0.529. The van der Waals surface area contributed by atoms with Gasteiger partial charge in [0.15, 0.2) is 12.0 Å². The molecule has 1 aliphatic heterocycles. The minimum atomic E-state index is -0.363. The number of aromatic nitrogens is 1. The first kappa shape index (κ1) is 14.0. The second-order valence-corrected chi connectivity index (χ2v) is 4.44. The molecule has 0 saturated carbocycles. The Morgan fingerprint density at radius 3 is 2.89 bits per heavy atom. The zero-order valence-corrected chi connectivity index (χ0v) is 11.2. The third kappa shape index (κ3) is 3.31. The van der Waals surface area contributed by atoms with Crippen LogP contribution >= 0.6 is 0 Å². The number of carbonyl (C=O) groups is 1. The second-order valence-electron chi connectivity index (χ2n) is 4.44. The molecule has 1 aromatic heterocycles. The van der Waals surface area contributed by atoms with Crippen molar-refractivity contribution < 1.29 is 18.7 Å². The van der Waals surface area contributed by atoms with Gasteiger partial charge in [-0.3, -0.25) is 4.79 Å². The summed E-state index contributed by atoms with van der Waals surface area (Å²) in [4.78, 5) is 17.7. The molecule has 19 heavy (non-hydrogen) atoms. The molecule has 1 unspecified atom stereocenters. The molecule has 1 amide bonds. The third-order valence-electron chi connectivity index (χ3n) is 2.96. The van der Waals surface area contributed by atoms with Crippen LogP contribution in [-0.4, -0.2) is 48.9 Å². The number of nitrogens with zero attached hydrogens (tertiary/aromatic N) is 2. The molecule has 106 valence electrons. The minimum absolute atomic E-state index is 0.239. The molecule has 2 rings (SSSR count). The standard InChI is InChI=1S/C12H19N3O4/c1-3-8(13)11-14-9(7-19-11)12(16)15(2)6-10-17-4-5-18-10/h7-8,10H,3-6,13H2,1-2H3. The molecule has 1 aliphatic rings. The number of ether oxygens (including phenoxy) is 2. The van der Waals surface area contributed by atoms with Gasteiger partial charge in [0.2, 0.25) is 5.89 Å². The molecule has 1 fully saturated rings. The monoisotopic (exact) mass is 269 g/mol. The van der Waals surface area contributed by atoms with Crippen molar-refractivity contribution in [2.24, 2.45) is 5.73 Å². The Morgan fingerprint density at radius 1 is 1.58 bits per heavy atom. The van der Waals surface area contributed by atoms with Gasteiger partial charge >= 0.3 is 0 Å². The molecular formula is C12H19N3O4.